The van der Waals surface area contributed by atoms with Crippen molar-refractivity contribution in [2.75, 3.05) is 0 Å². The largest absolute Gasteiger partial charge is 0.429 e. The third kappa shape index (κ3) is 7.49. The summed E-state index contributed by atoms with van der Waals surface area (Å²) in [7, 11) is 0. The van der Waals surface area contributed by atoms with Crippen LogP contribution in [-0.4, -0.2) is 6.11 Å². The lowest BCUT2D eigenvalue weighted by atomic mass is 9.97. The van der Waals surface area contributed by atoms with Crippen molar-refractivity contribution in [2.45, 2.75) is 32.0 Å². The molecule has 0 fully saturated rings. The van der Waals surface area contributed by atoms with Gasteiger partial charge in [-0.2, -0.15) is 26.3 Å². The molecule has 0 aliphatic carbocycles. The second-order valence-corrected chi connectivity index (χ2v) is 9.26. The zero-order valence-electron chi connectivity index (χ0n) is 22.0. The van der Waals surface area contributed by atoms with Crippen molar-refractivity contribution >= 4 is 0 Å². The standard InChI is InChI=1S/C31H20F10O2/c1-2-3-17-4-8-21(24(32)12-17)18-5-9-22(25(33)13-18)19-6-10-23(26(34)14-19)31(40,41)42-20-7-11-28(27(35)15-20)43-30(38,39)16-29(36)37/h4-16H,2-3H2,1H3. The van der Waals surface area contributed by atoms with Crippen LogP contribution < -0.4 is 9.47 Å². The van der Waals surface area contributed by atoms with E-state index in [0.717, 1.165) is 24.1 Å². The summed E-state index contributed by atoms with van der Waals surface area (Å²) in [5.41, 5.74) is -0.501. The minimum Gasteiger partial charge on any atom is -0.429 e. The molecule has 0 aliphatic rings. The summed E-state index contributed by atoms with van der Waals surface area (Å²) < 4.78 is 147. The van der Waals surface area contributed by atoms with Gasteiger partial charge in [-0.05, 0) is 59.5 Å². The van der Waals surface area contributed by atoms with E-state index in [0.29, 0.717) is 30.7 Å². The second kappa shape index (κ2) is 12.4. The molecule has 2 nitrogen and oxygen atoms in total. The van der Waals surface area contributed by atoms with Crippen LogP contribution in [-0.2, 0) is 12.5 Å². The molecule has 0 spiro atoms. The van der Waals surface area contributed by atoms with Crippen molar-refractivity contribution in [1.29, 1.82) is 0 Å². The van der Waals surface area contributed by atoms with E-state index >= 15 is 0 Å². The molecule has 0 saturated carbocycles. The fraction of sp³-hybridized carbons (Fsp3) is 0.161. The summed E-state index contributed by atoms with van der Waals surface area (Å²) >= 11 is 0. The molecule has 0 atom stereocenters. The third-order valence-corrected chi connectivity index (χ3v) is 6.12. The van der Waals surface area contributed by atoms with Crippen molar-refractivity contribution in [1.82, 2.24) is 0 Å². The number of alkyl halides is 4. The Bertz CT molecular complexity index is 1660. The van der Waals surface area contributed by atoms with Gasteiger partial charge in [0.05, 0.1) is 11.6 Å². The highest BCUT2D eigenvalue weighted by atomic mass is 19.3. The molecule has 0 N–H and O–H groups in total. The predicted octanol–water partition coefficient (Wildman–Crippen LogP) is 10.4. The van der Waals surface area contributed by atoms with Crippen molar-refractivity contribution in [3.05, 3.63) is 119 Å². The Labute approximate surface area is 238 Å². The van der Waals surface area contributed by atoms with Gasteiger partial charge in [0.15, 0.2) is 11.6 Å². The van der Waals surface area contributed by atoms with Gasteiger partial charge in [-0.1, -0.05) is 43.7 Å². The molecule has 0 unspecified atom stereocenters. The number of halogens is 10. The second-order valence-electron chi connectivity index (χ2n) is 9.26. The van der Waals surface area contributed by atoms with Crippen molar-refractivity contribution in [2.24, 2.45) is 0 Å². The van der Waals surface area contributed by atoms with Crippen LogP contribution in [0.5, 0.6) is 11.5 Å². The molecular formula is C31H20F10O2. The van der Waals surface area contributed by atoms with Crippen molar-refractivity contribution in [3.63, 3.8) is 0 Å². The van der Waals surface area contributed by atoms with Crippen LogP contribution in [0.2, 0.25) is 0 Å². The maximum absolute atomic E-state index is 15.0. The first-order valence-corrected chi connectivity index (χ1v) is 12.5. The van der Waals surface area contributed by atoms with Crippen molar-refractivity contribution in [3.8, 4) is 33.8 Å². The molecule has 12 heteroatoms. The Balaban J connectivity index is 1.54. The minimum absolute atomic E-state index is 0.132. The van der Waals surface area contributed by atoms with Gasteiger partial charge in [-0.25, -0.2) is 17.6 Å². The maximum Gasteiger partial charge on any atom is 0.429 e. The zero-order valence-corrected chi connectivity index (χ0v) is 22.0. The quantitative estimate of drug-likeness (QED) is 0.166. The molecule has 4 aromatic carbocycles. The Morgan fingerprint density at radius 1 is 0.674 bits per heavy atom. The fourth-order valence-corrected chi connectivity index (χ4v) is 4.21. The smallest absolute Gasteiger partial charge is 0.429 e. The molecule has 4 aromatic rings. The number of hydrogen-bond donors (Lipinski definition) is 0. The average Bonchev–Trinajstić information content (AvgIpc) is 2.89. The van der Waals surface area contributed by atoms with E-state index < -0.39 is 64.7 Å². The molecule has 0 amide bonds. The Hall–Kier alpha value is -4.48. The minimum atomic E-state index is -4.60. The molecule has 0 radical (unpaired) electrons. The number of rotatable bonds is 10. The van der Waals surface area contributed by atoms with E-state index in [-0.39, 0.29) is 28.3 Å². The highest BCUT2D eigenvalue weighted by Crippen LogP contribution is 2.38. The van der Waals surface area contributed by atoms with Crippen LogP contribution >= 0.6 is 0 Å². The molecule has 226 valence electrons. The Morgan fingerprint density at radius 2 is 1.28 bits per heavy atom. The van der Waals surface area contributed by atoms with Gasteiger partial charge in [0.1, 0.15) is 23.2 Å². The van der Waals surface area contributed by atoms with Crippen LogP contribution in [0.15, 0.2) is 85.0 Å². The monoisotopic (exact) mass is 614 g/mol. The SMILES string of the molecule is CCCc1ccc(-c2ccc(-c3ccc(C(F)(F)Oc4ccc(OC(F)(F)C=C(F)F)c(F)c4)c(F)c3)c(F)c2)c(F)c1. The Kier molecular flexibility index (Phi) is 9.07. The third-order valence-electron chi connectivity index (χ3n) is 6.12. The lowest BCUT2D eigenvalue weighted by Crippen LogP contribution is -2.24. The van der Waals surface area contributed by atoms with E-state index in [4.69, 9.17) is 0 Å². The first-order chi connectivity index (χ1) is 20.2. The molecular weight excluding hydrogens is 594 g/mol. The molecule has 0 heterocycles. The summed E-state index contributed by atoms with van der Waals surface area (Å²) in [6.45, 7) is 1.94. The number of aryl methyl sites for hydroxylation is 1. The van der Waals surface area contributed by atoms with Crippen LogP contribution in [0.25, 0.3) is 22.3 Å². The molecule has 0 saturated heterocycles. The topological polar surface area (TPSA) is 18.5 Å². The van der Waals surface area contributed by atoms with Crippen LogP contribution in [0.3, 0.4) is 0 Å². The fourth-order valence-electron chi connectivity index (χ4n) is 4.21. The first-order valence-electron chi connectivity index (χ1n) is 12.5. The summed E-state index contributed by atoms with van der Waals surface area (Å²) in [5.74, 6) is -6.81. The molecule has 0 aromatic heterocycles. The Morgan fingerprint density at radius 3 is 1.84 bits per heavy atom. The number of ether oxygens (including phenoxy) is 2. The number of benzene rings is 4. The van der Waals surface area contributed by atoms with Gasteiger partial charge < -0.3 is 9.47 Å². The van der Waals surface area contributed by atoms with Gasteiger partial charge in [0, 0.05) is 17.2 Å². The van der Waals surface area contributed by atoms with E-state index in [2.05, 4.69) is 9.47 Å². The van der Waals surface area contributed by atoms with E-state index in [9.17, 15) is 43.9 Å². The zero-order chi connectivity index (χ0) is 31.5. The molecule has 4 rings (SSSR count). The highest BCUT2D eigenvalue weighted by molar-refractivity contribution is 5.71. The summed E-state index contributed by atoms with van der Waals surface area (Å²) in [4.78, 5) is 0. The van der Waals surface area contributed by atoms with E-state index in [1.807, 2.05) is 6.92 Å². The molecule has 43 heavy (non-hydrogen) atoms. The van der Waals surface area contributed by atoms with Crippen LogP contribution in [0.4, 0.5) is 43.9 Å². The average molecular weight is 614 g/mol. The number of hydrogen-bond acceptors (Lipinski definition) is 2. The van der Waals surface area contributed by atoms with Gasteiger partial charge in [0.2, 0.25) is 0 Å². The van der Waals surface area contributed by atoms with E-state index in [1.54, 1.807) is 6.07 Å². The predicted molar refractivity (Wildman–Crippen MR) is 138 cm³/mol. The molecule has 0 bridgehead atoms. The van der Waals surface area contributed by atoms with Gasteiger partial charge in [0.25, 0.3) is 6.08 Å². The van der Waals surface area contributed by atoms with E-state index in [1.165, 1.54) is 24.3 Å². The van der Waals surface area contributed by atoms with Gasteiger partial charge >= 0.3 is 12.2 Å². The lowest BCUT2D eigenvalue weighted by molar-refractivity contribution is -0.187. The van der Waals surface area contributed by atoms with Gasteiger partial charge in [-0.3, -0.25) is 0 Å². The highest BCUT2D eigenvalue weighted by Gasteiger charge is 2.38. The molecule has 0 aliphatic heterocycles. The lowest BCUT2D eigenvalue weighted by Gasteiger charge is -2.20. The summed E-state index contributed by atoms with van der Waals surface area (Å²) in [6, 6.07) is 11.6. The van der Waals surface area contributed by atoms with Crippen molar-refractivity contribution < 1.29 is 53.4 Å². The normalized spacial score (nSPS) is 11.8. The summed E-state index contributed by atoms with van der Waals surface area (Å²) in [5, 5.41) is 0. The maximum atomic E-state index is 15.0. The first kappa shape index (κ1) is 31.5. The summed E-state index contributed by atoms with van der Waals surface area (Å²) in [6.07, 6.45) is -11.2. The van der Waals surface area contributed by atoms with Crippen LogP contribution in [0.1, 0.15) is 24.5 Å². The van der Waals surface area contributed by atoms with Gasteiger partial charge in [-0.15, -0.1) is 0 Å². The van der Waals surface area contributed by atoms with Crippen LogP contribution in [0, 0.1) is 23.3 Å².